The van der Waals surface area contributed by atoms with Gasteiger partial charge >= 0.3 is 0 Å². The van der Waals surface area contributed by atoms with E-state index in [1.807, 2.05) is 35.8 Å². The van der Waals surface area contributed by atoms with Gasteiger partial charge in [-0.2, -0.15) is 10.1 Å². The smallest absolute Gasteiger partial charge is 0.221 e. The number of nitrogens with zero attached hydrogens (tertiary/aromatic N) is 5. The van der Waals surface area contributed by atoms with E-state index < -0.39 is 0 Å². The van der Waals surface area contributed by atoms with Gasteiger partial charge in [0, 0.05) is 37.1 Å². The molecular formula is C14H17ClN6. The van der Waals surface area contributed by atoms with E-state index in [9.17, 15) is 0 Å². The fourth-order valence-corrected chi connectivity index (χ4v) is 2.21. The second-order valence-corrected chi connectivity index (χ2v) is 4.74. The molecule has 2 aromatic heterocycles. The van der Waals surface area contributed by atoms with Gasteiger partial charge < -0.3 is 10.6 Å². The standard InChI is InChI=1S/C14H16N6.ClH/c1-9-11-5-4-10(8-12(11)18-20(9)3)19(2)13-6-7-16-14(15)17-13;/h4-8H,1-3H3,(H2,15,16,17);1H. The van der Waals surface area contributed by atoms with Gasteiger partial charge in [-0.1, -0.05) is 0 Å². The predicted molar refractivity (Wildman–Crippen MR) is 87.2 cm³/mol. The second-order valence-electron chi connectivity index (χ2n) is 4.74. The monoisotopic (exact) mass is 304 g/mol. The summed E-state index contributed by atoms with van der Waals surface area (Å²) in [6.07, 6.45) is 1.65. The van der Waals surface area contributed by atoms with Crippen molar-refractivity contribution in [2.45, 2.75) is 6.92 Å². The van der Waals surface area contributed by atoms with Crippen LogP contribution in [-0.2, 0) is 7.05 Å². The number of aryl methyl sites for hydroxylation is 2. The summed E-state index contributed by atoms with van der Waals surface area (Å²) in [5.41, 5.74) is 8.75. The first-order valence-electron chi connectivity index (χ1n) is 6.32. The normalized spacial score (nSPS) is 10.4. The highest BCUT2D eigenvalue weighted by Crippen LogP contribution is 2.26. The third-order valence-electron chi connectivity index (χ3n) is 3.50. The number of benzene rings is 1. The topological polar surface area (TPSA) is 72.9 Å². The van der Waals surface area contributed by atoms with Crippen molar-refractivity contribution in [3.8, 4) is 0 Å². The molecule has 21 heavy (non-hydrogen) atoms. The van der Waals surface area contributed by atoms with Crippen LogP contribution in [0.5, 0.6) is 0 Å². The van der Waals surface area contributed by atoms with E-state index in [0.29, 0.717) is 0 Å². The van der Waals surface area contributed by atoms with Crippen LogP contribution >= 0.6 is 12.4 Å². The maximum Gasteiger partial charge on any atom is 0.221 e. The van der Waals surface area contributed by atoms with Gasteiger partial charge in [-0.25, -0.2) is 4.98 Å². The molecular weight excluding hydrogens is 288 g/mol. The van der Waals surface area contributed by atoms with Crippen molar-refractivity contribution >= 4 is 40.8 Å². The van der Waals surface area contributed by atoms with Gasteiger partial charge in [0.15, 0.2) is 0 Å². The van der Waals surface area contributed by atoms with E-state index in [1.165, 1.54) is 0 Å². The van der Waals surface area contributed by atoms with Gasteiger partial charge in [0.2, 0.25) is 5.95 Å². The van der Waals surface area contributed by atoms with Crippen molar-refractivity contribution in [2.75, 3.05) is 17.7 Å². The molecule has 0 bridgehead atoms. The Bertz CT molecular complexity index is 782. The summed E-state index contributed by atoms with van der Waals surface area (Å²) in [6, 6.07) is 7.99. The lowest BCUT2D eigenvalue weighted by atomic mass is 10.2. The van der Waals surface area contributed by atoms with Crippen LogP contribution in [-0.4, -0.2) is 26.8 Å². The van der Waals surface area contributed by atoms with Crippen LogP contribution in [0.25, 0.3) is 10.9 Å². The Balaban J connectivity index is 0.00000161. The molecule has 2 heterocycles. The highest BCUT2D eigenvalue weighted by atomic mass is 35.5. The average molecular weight is 305 g/mol. The zero-order valence-corrected chi connectivity index (χ0v) is 12.9. The van der Waals surface area contributed by atoms with E-state index in [-0.39, 0.29) is 18.4 Å². The van der Waals surface area contributed by atoms with Gasteiger partial charge in [-0.15, -0.1) is 12.4 Å². The fourth-order valence-electron chi connectivity index (χ4n) is 2.21. The van der Waals surface area contributed by atoms with Crippen LogP contribution in [0, 0.1) is 6.92 Å². The van der Waals surface area contributed by atoms with Crippen LogP contribution in [0.4, 0.5) is 17.5 Å². The summed E-state index contributed by atoms with van der Waals surface area (Å²) in [6.45, 7) is 2.06. The average Bonchev–Trinajstić information content (AvgIpc) is 2.73. The molecule has 0 amide bonds. The lowest BCUT2D eigenvalue weighted by Crippen LogP contribution is -2.12. The van der Waals surface area contributed by atoms with Gasteiger partial charge in [0.05, 0.1) is 5.52 Å². The summed E-state index contributed by atoms with van der Waals surface area (Å²) in [7, 11) is 3.89. The molecule has 0 radical (unpaired) electrons. The molecule has 0 fully saturated rings. The number of hydrogen-bond donors (Lipinski definition) is 1. The molecule has 110 valence electrons. The number of aromatic nitrogens is 4. The summed E-state index contributed by atoms with van der Waals surface area (Å²) >= 11 is 0. The van der Waals surface area contributed by atoms with Gasteiger partial charge in [-0.05, 0) is 31.2 Å². The van der Waals surface area contributed by atoms with E-state index >= 15 is 0 Å². The minimum Gasteiger partial charge on any atom is -0.368 e. The van der Waals surface area contributed by atoms with Crippen LogP contribution in [0.2, 0.25) is 0 Å². The van der Waals surface area contributed by atoms with Crippen molar-refractivity contribution in [1.29, 1.82) is 0 Å². The SMILES string of the molecule is Cc1c2ccc(N(C)c3ccnc(N)n3)cc2nn1C.Cl. The number of halogens is 1. The van der Waals surface area contributed by atoms with Gasteiger partial charge in [0.25, 0.3) is 0 Å². The molecule has 0 spiro atoms. The molecule has 7 heteroatoms. The third-order valence-corrected chi connectivity index (χ3v) is 3.50. The Kier molecular flexibility index (Phi) is 3.99. The Morgan fingerprint density at radius 2 is 2.00 bits per heavy atom. The predicted octanol–water partition coefficient (Wildman–Crippen LogP) is 2.44. The molecule has 2 N–H and O–H groups in total. The van der Waals surface area contributed by atoms with E-state index in [1.54, 1.807) is 6.20 Å². The van der Waals surface area contributed by atoms with E-state index in [0.717, 1.165) is 28.1 Å². The van der Waals surface area contributed by atoms with Crippen molar-refractivity contribution in [2.24, 2.45) is 7.05 Å². The van der Waals surface area contributed by atoms with Crippen LogP contribution in [0.1, 0.15) is 5.69 Å². The summed E-state index contributed by atoms with van der Waals surface area (Å²) in [5, 5.41) is 5.66. The fraction of sp³-hybridized carbons (Fsp3) is 0.214. The Morgan fingerprint density at radius 3 is 2.71 bits per heavy atom. The van der Waals surface area contributed by atoms with Crippen LogP contribution in [0.3, 0.4) is 0 Å². The zero-order valence-electron chi connectivity index (χ0n) is 12.1. The minimum atomic E-state index is 0. The molecule has 3 rings (SSSR count). The van der Waals surface area contributed by atoms with Gasteiger partial charge in [0.1, 0.15) is 5.82 Å². The first kappa shape index (κ1) is 15.1. The van der Waals surface area contributed by atoms with Crippen molar-refractivity contribution in [3.63, 3.8) is 0 Å². The Morgan fingerprint density at radius 1 is 1.24 bits per heavy atom. The number of anilines is 3. The largest absolute Gasteiger partial charge is 0.368 e. The maximum atomic E-state index is 5.62. The number of hydrogen-bond acceptors (Lipinski definition) is 5. The summed E-state index contributed by atoms with van der Waals surface area (Å²) < 4.78 is 1.89. The van der Waals surface area contributed by atoms with Crippen molar-refractivity contribution in [3.05, 3.63) is 36.2 Å². The molecule has 0 atom stereocenters. The highest BCUT2D eigenvalue weighted by Gasteiger charge is 2.10. The molecule has 0 aliphatic carbocycles. The van der Waals surface area contributed by atoms with Gasteiger partial charge in [-0.3, -0.25) is 4.68 Å². The molecule has 0 aliphatic heterocycles. The Labute approximate surface area is 129 Å². The zero-order chi connectivity index (χ0) is 14.3. The first-order valence-corrected chi connectivity index (χ1v) is 6.32. The number of rotatable bonds is 2. The molecule has 6 nitrogen and oxygen atoms in total. The molecule has 1 aromatic carbocycles. The van der Waals surface area contributed by atoms with E-state index in [2.05, 4.69) is 34.1 Å². The summed E-state index contributed by atoms with van der Waals surface area (Å²) in [4.78, 5) is 10.1. The molecule has 0 unspecified atom stereocenters. The Hall–Kier alpha value is -2.34. The minimum absolute atomic E-state index is 0. The lowest BCUT2D eigenvalue weighted by Gasteiger charge is -2.18. The van der Waals surface area contributed by atoms with Crippen molar-refractivity contribution < 1.29 is 0 Å². The molecule has 0 saturated heterocycles. The second kappa shape index (κ2) is 5.57. The number of nitrogen functional groups attached to an aromatic ring is 1. The van der Waals surface area contributed by atoms with Crippen LogP contribution < -0.4 is 10.6 Å². The quantitative estimate of drug-likeness (QED) is 0.787. The maximum absolute atomic E-state index is 5.62. The third kappa shape index (κ3) is 2.62. The van der Waals surface area contributed by atoms with E-state index in [4.69, 9.17) is 5.73 Å². The van der Waals surface area contributed by atoms with Crippen molar-refractivity contribution in [1.82, 2.24) is 19.7 Å². The molecule has 3 aromatic rings. The highest BCUT2D eigenvalue weighted by molar-refractivity contribution is 5.86. The first-order chi connectivity index (χ1) is 9.56. The summed E-state index contributed by atoms with van der Waals surface area (Å²) in [5.74, 6) is 1.02. The van der Waals surface area contributed by atoms with Crippen LogP contribution in [0.15, 0.2) is 30.5 Å². The lowest BCUT2D eigenvalue weighted by molar-refractivity contribution is 0.751. The number of fused-ring (bicyclic) bond motifs is 1. The molecule has 0 saturated carbocycles. The number of nitrogens with two attached hydrogens (primary N) is 1. The molecule has 0 aliphatic rings.